The number of Topliss-reactive ketones (excluding diaryl/α,β-unsaturated/α-hetero) is 2. The summed E-state index contributed by atoms with van der Waals surface area (Å²) in [6.45, 7) is 4.46. The molecule has 9 rings (SSSR count). The van der Waals surface area contributed by atoms with Crippen LogP contribution in [0.1, 0.15) is 51.3 Å². The van der Waals surface area contributed by atoms with Crippen LogP contribution in [0.3, 0.4) is 0 Å². The van der Waals surface area contributed by atoms with E-state index in [0.717, 1.165) is 61.4 Å². The van der Waals surface area contributed by atoms with E-state index in [-0.39, 0.29) is 22.6 Å². The number of para-hydroxylation sites is 1. The molecular weight excluding hydrogens is 624 g/mol. The average Bonchev–Trinajstić information content (AvgIpc) is 3.34. The number of allylic oxidation sites excluding steroid dienone is 1. The Labute approximate surface area is 287 Å². The molecule has 0 saturated carbocycles. The lowest BCUT2D eigenvalue weighted by atomic mass is 9.71. The largest absolute Gasteiger partial charge is 0.310 e. The van der Waals surface area contributed by atoms with Crippen LogP contribution in [-0.2, 0) is 5.41 Å². The zero-order valence-electron chi connectivity index (χ0n) is 27.3. The van der Waals surface area contributed by atoms with Gasteiger partial charge in [-0.15, -0.1) is 0 Å². The van der Waals surface area contributed by atoms with Crippen molar-refractivity contribution in [3.8, 4) is 11.1 Å². The van der Waals surface area contributed by atoms with Crippen molar-refractivity contribution in [1.29, 1.82) is 0 Å². The Morgan fingerprint density at radius 1 is 0.580 bits per heavy atom. The molecule has 240 valence electrons. The van der Waals surface area contributed by atoms with Gasteiger partial charge in [0.25, 0.3) is 0 Å². The average molecular weight is 654 g/mol. The van der Waals surface area contributed by atoms with E-state index >= 15 is 0 Å². The van der Waals surface area contributed by atoms with E-state index in [2.05, 4.69) is 55.1 Å². The van der Waals surface area contributed by atoms with Crippen molar-refractivity contribution in [1.82, 2.24) is 0 Å². The second kappa shape index (κ2) is 10.9. The summed E-state index contributed by atoms with van der Waals surface area (Å²) in [4.78, 5) is 29.2. The van der Waals surface area contributed by atoms with Crippen LogP contribution in [0.2, 0.25) is 0 Å². The summed E-state index contributed by atoms with van der Waals surface area (Å²) < 4.78 is 28.0. The first-order valence-electron chi connectivity index (χ1n) is 16.5. The molecule has 50 heavy (non-hydrogen) atoms. The minimum Gasteiger partial charge on any atom is -0.310 e. The Kier molecular flexibility index (Phi) is 6.52. The minimum atomic E-state index is -0.614. The topological polar surface area (TPSA) is 37.4 Å². The molecule has 7 aromatic rings. The highest BCUT2D eigenvalue weighted by atomic mass is 19.1. The summed E-state index contributed by atoms with van der Waals surface area (Å²) in [6.07, 6.45) is 1.72. The molecule has 0 aromatic heterocycles. The first-order valence-corrected chi connectivity index (χ1v) is 16.5. The minimum absolute atomic E-state index is 0.178. The van der Waals surface area contributed by atoms with Gasteiger partial charge < -0.3 is 4.90 Å². The maximum absolute atomic E-state index is 14.0. The second-order valence-electron chi connectivity index (χ2n) is 13.6. The molecule has 3 nitrogen and oxygen atoms in total. The first-order chi connectivity index (χ1) is 24.2. The van der Waals surface area contributed by atoms with Crippen LogP contribution in [0, 0.1) is 11.6 Å². The van der Waals surface area contributed by atoms with Crippen molar-refractivity contribution in [2.45, 2.75) is 19.3 Å². The monoisotopic (exact) mass is 653 g/mol. The molecule has 0 spiro atoms. The van der Waals surface area contributed by atoms with E-state index in [1.807, 2.05) is 78.9 Å². The van der Waals surface area contributed by atoms with Crippen molar-refractivity contribution in [2.24, 2.45) is 0 Å². The number of rotatable bonds is 3. The summed E-state index contributed by atoms with van der Waals surface area (Å²) in [5.74, 6) is -1.72. The van der Waals surface area contributed by atoms with E-state index in [4.69, 9.17) is 0 Å². The van der Waals surface area contributed by atoms with Gasteiger partial charge in [-0.2, -0.15) is 0 Å². The summed E-state index contributed by atoms with van der Waals surface area (Å²) in [5, 5.41) is 3.93. The predicted molar refractivity (Wildman–Crippen MR) is 197 cm³/mol. The van der Waals surface area contributed by atoms with Gasteiger partial charge in [0.2, 0.25) is 0 Å². The van der Waals surface area contributed by atoms with E-state index in [1.54, 1.807) is 6.08 Å². The van der Waals surface area contributed by atoms with Gasteiger partial charge in [-0.3, -0.25) is 9.59 Å². The van der Waals surface area contributed by atoms with Gasteiger partial charge in [-0.1, -0.05) is 86.6 Å². The lowest BCUT2D eigenvalue weighted by Crippen LogP contribution is -2.30. The Balaban J connectivity index is 1.14. The fourth-order valence-electron chi connectivity index (χ4n) is 7.84. The van der Waals surface area contributed by atoms with Gasteiger partial charge in [0.15, 0.2) is 11.6 Å². The summed E-state index contributed by atoms with van der Waals surface area (Å²) in [5.41, 5.74) is 8.01. The molecule has 1 aliphatic heterocycles. The lowest BCUT2D eigenvalue weighted by Gasteiger charge is -2.42. The summed E-state index contributed by atoms with van der Waals surface area (Å²) >= 11 is 0. The number of anilines is 3. The standard InChI is InChI=1S/C45H29F2NO2/c1-45(2)39-9-5-6-10-40(39)48(34-15-12-27(13-16-34)31-21-32(46)25-33(47)22-31)41-18-14-30-19-26(11-17-35(30)42(41)45)20-38-43(49)36-23-28-7-3-4-8-29(28)24-37(36)44(38)50/h3-25H,1-2H3. The second-order valence-corrected chi connectivity index (χ2v) is 13.6. The zero-order chi connectivity index (χ0) is 34.3. The number of nitrogens with zero attached hydrogens (tertiary/aromatic N) is 1. The highest BCUT2D eigenvalue weighted by Crippen LogP contribution is 2.54. The van der Waals surface area contributed by atoms with Gasteiger partial charge in [0, 0.05) is 28.3 Å². The number of hydrogen-bond acceptors (Lipinski definition) is 3. The normalized spacial score (nSPS) is 14.6. The molecule has 5 heteroatoms. The smallest absolute Gasteiger partial charge is 0.197 e. The predicted octanol–water partition coefficient (Wildman–Crippen LogP) is 11.5. The SMILES string of the molecule is CC1(C)c2ccccc2N(c2ccc(-c3cc(F)cc(F)c3)cc2)c2ccc3cc(C=C4C(=O)c5cc6ccccc6cc5C4=O)ccc3c21. The van der Waals surface area contributed by atoms with Crippen molar-refractivity contribution >= 4 is 56.2 Å². The molecule has 1 aliphatic carbocycles. The number of halogens is 2. The number of carbonyl (C=O) groups is 2. The molecule has 2 aliphatic rings. The molecule has 0 fully saturated rings. The summed E-state index contributed by atoms with van der Waals surface area (Å²) in [7, 11) is 0. The van der Waals surface area contributed by atoms with Gasteiger partial charge in [-0.05, 0) is 110 Å². The van der Waals surface area contributed by atoms with Crippen LogP contribution in [0.5, 0.6) is 0 Å². The lowest BCUT2D eigenvalue weighted by molar-refractivity contribution is 0.0990. The van der Waals surface area contributed by atoms with Crippen molar-refractivity contribution in [3.63, 3.8) is 0 Å². The third-order valence-electron chi connectivity index (χ3n) is 10.2. The quantitative estimate of drug-likeness (QED) is 0.141. The van der Waals surface area contributed by atoms with Crippen LogP contribution in [0.15, 0.2) is 139 Å². The molecule has 1 heterocycles. The third-order valence-corrected chi connectivity index (χ3v) is 10.2. The van der Waals surface area contributed by atoms with Crippen LogP contribution >= 0.6 is 0 Å². The zero-order valence-corrected chi connectivity index (χ0v) is 27.3. The maximum Gasteiger partial charge on any atom is 0.197 e. The number of carbonyl (C=O) groups excluding carboxylic acids is 2. The molecule has 0 saturated heterocycles. The number of benzene rings is 7. The molecule has 0 N–H and O–H groups in total. The molecular formula is C45H29F2NO2. The molecule has 0 bridgehead atoms. The fourth-order valence-corrected chi connectivity index (χ4v) is 7.84. The molecule has 7 aromatic carbocycles. The van der Waals surface area contributed by atoms with Crippen LogP contribution in [-0.4, -0.2) is 11.6 Å². The number of hydrogen-bond donors (Lipinski definition) is 0. The van der Waals surface area contributed by atoms with Crippen molar-refractivity contribution in [2.75, 3.05) is 4.90 Å². The van der Waals surface area contributed by atoms with Crippen LogP contribution in [0.25, 0.3) is 38.7 Å². The van der Waals surface area contributed by atoms with Crippen molar-refractivity contribution < 1.29 is 18.4 Å². The van der Waals surface area contributed by atoms with Gasteiger partial charge in [0.1, 0.15) is 11.6 Å². The molecule has 0 radical (unpaired) electrons. The highest BCUT2D eigenvalue weighted by Gasteiger charge is 2.38. The van der Waals surface area contributed by atoms with Crippen LogP contribution in [0.4, 0.5) is 25.8 Å². The van der Waals surface area contributed by atoms with Crippen molar-refractivity contribution in [3.05, 3.63) is 178 Å². The first kappa shape index (κ1) is 29.9. The molecule has 0 unspecified atom stereocenters. The maximum atomic E-state index is 14.0. The van der Waals surface area contributed by atoms with E-state index < -0.39 is 11.6 Å². The van der Waals surface area contributed by atoms with Gasteiger partial charge in [-0.25, -0.2) is 8.78 Å². The number of fused-ring (bicyclic) bond motifs is 6. The van der Waals surface area contributed by atoms with E-state index in [1.165, 1.54) is 12.1 Å². The number of ketones is 2. The molecule has 0 amide bonds. The Bertz CT molecular complexity index is 2560. The fraction of sp³-hybridized carbons (Fsp3) is 0.0667. The Morgan fingerprint density at radius 3 is 1.90 bits per heavy atom. The van der Waals surface area contributed by atoms with E-state index in [0.29, 0.717) is 22.3 Å². The third kappa shape index (κ3) is 4.54. The Hall–Kier alpha value is -6.20. The summed E-state index contributed by atoms with van der Waals surface area (Å²) in [6, 6.07) is 41.3. The Morgan fingerprint density at radius 2 is 1.22 bits per heavy atom. The van der Waals surface area contributed by atoms with Gasteiger partial charge >= 0.3 is 0 Å². The van der Waals surface area contributed by atoms with Gasteiger partial charge in [0.05, 0.1) is 16.9 Å². The van der Waals surface area contributed by atoms with Crippen LogP contribution < -0.4 is 4.90 Å². The molecule has 0 atom stereocenters. The highest BCUT2D eigenvalue weighted by molar-refractivity contribution is 6.42. The van der Waals surface area contributed by atoms with E-state index in [9.17, 15) is 18.4 Å².